The van der Waals surface area contributed by atoms with Crippen LogP contribution in [0.2, 0.25) is 0 Å². The fraction of sp³-hybridized carbons (Fsp3) is 0.400. The number of aromatic nitrogens is 1. The Morgan fingerprint density at radius 1 is 1.89 bits per heavy atom. The summed E-state index contributed by atoms with van der Waals surface area (Å²) in [5, 5.41) is 12.2. The minimum atomic E-state index is -0.630. The van der Waals surface area contributed by atoms with Crippen molar-refractivity contribution in [1.29, 1.82) is 0 Å². The van der Waals surface area contributed by atoms with Gasteiger partial charge in [-0.2, -0.15) is 0 Å². The fourth-order valence-electron chi connectivity index (χ4n) is 0.501. The van der Waals surface area contributed by atoms with Crippen molar-refractivity contribution in [2.24, 2.45) is 0 Å². The molecule has 4 nitrogen and oxygen atoms in total. The summed E-state index contributed by atoms with van der Waals surface area (Å²) in [6.07, 6.45) is -0.630. The number of rotatable bonds is 1. The van der Waals surface area contributed by atoms with Gasteiger partial charge in [-0.05, 0) is 6.92 Å². The molecule has 0 saturated carbocycles. The Morgan fingerprint density at radius 2 is 2.56 bits per heavy atom. The van der Waals surface area contributed by atoms with E-state index >= 15 is 0 Å². The predicted octanol–water partition coefficient (Wildman–Crippen LogP) is 0.310. The van der Waals surface area contributed by atoms with Crippen LogP contribution in [0.1, 0.15) is 18.8 Å². The Labute approximate surface area is 52.3 Å². The normalized spacial score (nSPS) is 13.6. The van der Waals surface area contributed by atoms with Crippen LogP contribution >= 0.6 is 0 Å². The molecule has 0 aliphatic carbocycles. The van der Waals surface area contributed by atoms with Gasteiger partial charge in [-0.3, -0.25) is 0 Å². The lowest BCUT2D eigenvalue weighted by atomic mass is 10.3. The summed E-state index contributed by atoms with van der Waals surface area (Å²) in [4.78, 5) is 0. The third-order valence-corrected chi connectivity index (χ3v) is 0.958. The van der Waals surface area contributed by atoms with Gasteiger partial charge in [0, 0.05) is 6.07 Å². The van der Waals surface area contributed by atoms with Crippen LogP contribution in [0.15, 0.2) is 10.6 Å². The van der Waals surface area contributed by atoms with E-state index in [1.165, 1.54) is 6.07 Å². The first-order valence-corrected chi connectivity index (χ1v) is 2.60. The van der Waals surface area contributed by atoms with Crippen LogP contribution in [0.5, 0.6) is 0 Å². The van der Waals surface area contributed by atoms with Crippen LogP contribution < -0.4 is 5.73 Å². The lowest BCUT2D eigenvalue weighted by Crippen LogP contribution is -1.86. The number of hydrogen-bond donors (Lipinski definition) is 2. The minimum absolute atomic E-state index is 0.297. The number of aliphatic hydroxyl groups is 1. The Kier molecular flexibility index (Phi) is 1.40. The number of hydrogen-bond acceptors (Lipinski definition) is 4. The van der Waals surface area contributed by atoms with E-state index in [-0.39, 0.29) is 0 Å². The molecule has 0 aromatic carbocycles. The number of nitrogens with zero attached hydrogens (tertiary/aromatic N) is 1. The lowest BCUT2D eigenvalue weighted by Gasteiger charge is -1.92. The van der Waals surface area contributed by atoms with Crippen LogP contribution in [0.4, 0.5) is 5.82 Å². The molecular formula is C5H8N2O2. The van der Waals surface area contributed by atoms with Crippen molar-refractivity contribution in [2.75, 3.05) is 5.73 Å². The Morgan fingerprint density at radius 3 is 2.78 bits per heavy atom. The Bertz CT molecular complexity index is 195. The highest BCUT2D eigenvalue weighted by Gasteiger charge is 2.05. The average molecular weight is 128 g/mol. The molecule has 1 atom stereocenters. The van der Waals surface area contributed by atoms with Crippen molar-refractivity contribution >= 4 is 5.82 Å². The molecule has 1 rings (SSSR count). The molecule has 9 heavy (non-hydrogen) atoms. The minimum Gasteiger partial charge on any atom is -0.385 e. The average Bonchev–Trinajstić information content (AvgIpc) is 2.14. The van der Waals surface area contributed by atoms with Gasteiger partial charge in [-0.15, -0.1) is 0 Å². The molecular weight excluding hydrogens is 120 g/mol. The van der Waals surface area contributed by atoms with Gasteiger partial charge in [0.2, 0.25) is 0 Å². The van der Waals surface area contributed by atoms with Gasteiger partial charge in [0.05, 0.1) is 0 Å². The first-order valence-electron chi connectivity index (χ1n) is 2.60. The maximum Gasteiger partial charge on any atom is 0.167 e. The second kappa shape index (κ2) is 2.06. The van der Waals surface area contributed by atoms with Crippen LogP contribution in [-0.2, 0) is 0 Å². The van der Waals surface area contributed by atoms with Crippen LogP contribution in [0.3, 0.4) is 0 Å². The molecule has 1 aromatic rings. The monoisotopic (exact) mass is 128 g/mol. The predicted molar refractivity (Wildman–Crippen MR) is 31.5 cm³/mol. The molecule has 50 valence electrons. The van der Waals surface area contributed by atoms with E-state index < -0.39 is 6.10 Å². The number of nitrogen functional groups attached to an aromatic ring is 1. The maximum absolute atomic E-state index is 8.85. The third-order valence-electron chi connectivity index (χ3n) is 0.958. The summed E-state index contributed by atoms with van der Waals surface area (Å²) in [7, 11) is 0. The van der Waals surface area contributed by atoms with Crippen molar-refractivity contribution in [3.63, 3.8) is 0 Å². The molecule has 3 N–H and O–H groups in total. The van der Waals surface area contributed by atoms with E-state index in [9.17, 15) is 0 Å². The van der Waals surface area contributed by atoms with Crippen LogP contribution in [-0.4, -0.2) is 10.3 Å². The van der Waals surface area contributed by atoms with Gasteiger partial charge in [0.15, 0.2) is 11.6 Å². The zero-order valence-corrected chi connectivity index (χ0v) is 5.03. The van der Waals surface area contributed by atoms with Gasteiger partial charge < -0.3 is 15.4 Å². The first-order chi connectivity index (χ1) is 4.20. The molecule has 0 aliphatic heterocycles. The molecule has 0 fully saturated rings. The summed E-state index contributed by atoms with van der Waals surface area (Å²) in [6, 6.07) is 1.49. The summed E-state index contributed by atoms with van der Waals surface area (Å²) in [6.45, 7) is 1.58. The molecule has 0 bridgehead atoms. The lowest BCUT2D eigenvalue weighted by molar-refractivity contribution is 0.158. The van der Waals surface area contributed by atoms with Crippen molar-refractivity contribution in [1.82, 2.24) is 5.16 Å². The van der Waals surface area contributed by atoms with E-state index in [4.69, 9.17) is 10.8 Å². The number of aliphatic hydroxyl groups excluding tert-OH is 1. The van der Waals surface area contributed by atoms with Crippen molar-refractivity contribution < 1.29 is 9.63 Å². The van der Waals surface area contributed by atoms with E-state index in [1.807, 2.05) is 0 Å². The fourth-order valence-corrected chi connectivity index (χ4v) is 0.501. The van der Waals surface area contributed by atoms with Gasteiger partial charge >= 0.3 is 0 Å². The Balaban J connectivity index is 2.85. The molecule has 4 heteroatoms. The standard InChI is InChI=1S/C5H8N2O2/c1-3(8)4-2-5(6)7-9-4/h2-3,8H,1H3,(H2,6,7). The highest BCUT2D eigenvalue weighted by molar-refractivity contribution is 5.26. The third kappa shape index (κ3) is 1.20. The van der Waals surface area contributed by atoms with Crippen molar-refractivity contribution in [3.05, 3.63) is 11.8 Å². The smallest absolute Gasteiger partial charge is 0.167 e. The summed E-state index contributed by atoms with van der Waals surface area (Å²) in [5.74, 6) is 0.693. The SMILES string of the molecule is CC(O)c1cc(N)no1. The number of anilines is 1. The van der Waals surface area contributed by atoms with Crippen molar-refractivity contribution in [3.8, 4) is 0 Å². The summed E-state index contributed by atoms with van der Waals surface area (Å²) in [5.41, 5.74) is 5.20. The second-order valence-corrected chi connectivity index (χ2v) is 1.83. The molecule has 0 radical (unpaired) electrons. The van der Waals surface area contributed by atoms with Gasteiger partial charge in [0.1, 0.15) is 6.10 Å². The highest BCUT2D eigenvalue weighted by atomic mass is 16.5. The van der Waals surface area contributed by atoms with E-state index in [0.717, 1.165) is 0 Å². The molecule has 0 amide bonds. The van der Waals surface area contributed by atoms with Crippen LogP contribution in [0, 0.1) is 0 Å². The maximum atomic E-state index is 8.85. The zero-order valence-electron chi connectivity index (χ0n) is 5.03. The van der Waals surface area contributed by atoms with E-state index in [2.05, 4.69) is 9.68 Å². The van der Waals surface area contributed by atoms with Crippen molar-refractivity contribution in [2.45, 2.75) is 13.0 Å². The molecule has 1 aromatic heterocycles. The summed E-state index contributed by atoms with van der Waals surface area (Å²) >= 11 is 0. The second-order valence-electron chi connectivity index (χ2n) is 1.83. The number of nitrogens with two attached hydrogens (primary N) is 1. The van der Waals surface area contributed by atoms with Gasteiger partial charge in [0.25, 0.3) is 0 Å². The largest absolute Gasteiger partial charge is 0.385 e. The molecule has 1 heterocycles. The first kappa shape index (κ1) is 6.10. The molecule has 0 saturated heterocycles. The van der Waals surface area contributed by atoms with E-state index in [1.54, 1.807) is 6.92 Å². The molecule has 0 aliphatic rings. The zero-order chi connectivity index (χ0) is 6.85. The molecule has 0 spiro atoms. The van der Waals surface area contributed by atoms with Gasteiger partial charge in [-0.1, -0.05) is 5.16 Å². The molecule has 1 unspecified atom stereocenters. The van der Waals surface area contributed by atoms with Crippen LogP contribution in [0.25, 0.3) is 0 Å². The van der Waals surface area contributed by atoms with E-state index in [0.29, 0.717) is 11.6 Å². The van der Waals surface area contributed by atoms with Gasteiger partial charge in [-0.25, -0.2) is 0 Å². The quantitative estimate of drug-likeness (QED) is 0.571. The Hall–Kier alpha value is -1.03. The summed E-state index contributed by atoms with van der Waals surface area (Å²) < 4.78 is 4.60. The topological polar surface area (TPSA) is 72.3 Å². The highest BCUT2D eigenvalue weighted by Crippen LogP contribution is 2.12.